The summed E-state index contributed by atoms with van der Waals surface area (Å²) in [5, 5.41) is 0. The predicted octanol–water partition coefficient (Wildman–Crippen LogP) is 6.09. The highest BCUT2D eigenvalue weighted by atomic mass is 31.2. The van der Waals surface area contributed by atoms with E-state index in [2.05, 4.69) is 21.4 Å². The van der Waals surface area contributed by atoms with Gasteiger partial charge in [0.15, 0.2) is 0 Å². The van der Waals surface area contributed by atoms with Gasteiger partial charge in [0.25, 0.3) is 0 Å². The Labute approximate surface area is 203 Å². The molecule has 0 unspecified atom stereocenters. The molecule has 0 aliphatic heterocycles. The van der Waals surface area contributed by atoms with E-state index in [4.69, 9.17) is 19.3 Å². The van der Waals surface area contributed by atoms with E-state index in [0.717, 1.165) is 17.7 Å². The average molecular weight is 498 g/mol. The molecule has 0 aliphatic carbocycles. The summed E-state index contributed by atoms with van der Waals surface area (Å²) >= 11 is 0. The molecule has 0 amide bonds. The third-order valence-corrected chi connectivity index (χ3v) is 5.68. The van der Waals surface area contributed by atoms with Crippen LogP contribution in [0, 0.1) is 0 Å². The fraction of sp³-hybridized carbons (Fsp3) is 0.583. The van der Waals surface area contributed by atoms with Crippen molar-refractivity contribution in [2.45, 2.75) is 77.7 Å². The zero-order valence-corrected chi connectivity index (χ0v) is 21.3. The van der Waals surface area contributed by atoms with Crippen LogP contribution in [0.5, 0.6) is 11.8 Å². The van der Waals surface area contributed by atoms with E-state index in [1.807, 2.05) is 24.3 Å². The second-order valence-electron chi connectivity index (χ2n) is 8.15. The van der Waals surface area contributed by atoms with Crippen LogP contribution in [0.25, 0.3) is 11.3 Å². The van der Waals surface area contributed by atoms with E-state index in [1.165, 1.54) is 58.3 Å². The summed E-state index contributed by atoms with van der Waals surface area (Å²) in [5.41, 5.74) is 1.53. The van der Waals surface area contributed by atoms with Crippen molar-refractivity contribution < 1.29 is 28.3 Å². The van der Waals surface area contributed by atoms with Gasteiger partial charge in [0.05, 0.1) is 12.3 Å². The molecule has 0 aliphatic rings. The van der Waals surface area contributed by atoms with E-state index in [0.29, 0.717) is 12.3 Å². The molecule has 0 spiro atoms. The highest BCUT2D eigenvalue weighted by Gasteiger charge is 2.19. The topological polar surface area (TPSA) is 146 Å². The molecule has 9 nitrogen and oxygen atoms in total. The van der Waals surface area contributed by atoms with Gasteiger partial charge in [-0.3, -0.25) is 4.52 Å². The van der Waals surface area contributed by atoms with Crippen LogP contribution >= 0.6 is 7.82 Å². The highest BCUT2D eigenvalue weighted by Crippen LogP contribution is 2.37. The summed E-state index contributed by atoms with van der Waals surface area (Å²) in [6.45, 7) is 4.34. The summed E-state index contributed by atoms with van der Waals surface area (Å²) in [4.78, 5) is 26.1. The first-order valence-electron chi connectivity index (χ1n) is 11.8. The first-order valence-corrected chi connectivity index (χ1v) is 13.3. The van der Waals surface area contributed by atoms with E-state index in [9.17, 15) is 4.57 Å². The molecule has 10 heteroatoms. The largest absolute Gasteiger partial charge is 0.494 e. The molecule has 0 saturated carbocycles. The van der Waals surface area contributed by atoms with Crippen LogP contribution in [0.3, 0.4) is 0 Å². The molecular weight excluding hydrogens is 457 g/mol. The van der Waals surface area contributed by atoms with Crippen LogP contribution in [0.1, 0.15) is 71.6 Å². The Morgan fingerprint density at radius 3 is 2.32 bits per heavy atom. The standard InChI is InChI=1S/C24H37N2O6P.H3N/c1-3-4-5-6-7-8-9-10-11-17-30-22-14-12-13-21(18-22)23-15-16-25-24(26-23)31-19-20(2)32-33(27,28)29;/h12-16,18,20H,3-11,17,19H2,1-2H3,(H2,27,28,29);1H3/t20-;/m1./s1. The monoisotopic (exact) mass is 497 g/mol. The number of unbranched alkanes of at least 4 members (excludes halogenated alkanes) is 8. The smallest absolute Gasteiger partial charge is 0.469 e. The van der Waals surface area contributed by atoms with Crippen LogP contribution in [-0.4, -0.2) is 39.1 Å². The zero-order valence-electron chi connectivity index (χ0n) is 20.4. The second kappa shape index (κ2) is 16.6. The summed E-state index contributed by atoms with van der Waals surface area (Å²) in [5.74, 6) is 0.789. The van der Waals surface area contributed by atoms with Gasteiger partial charge in [-0.2, -0.15) is 4.98 Å². The van der Waals surface area contributed by atoms with Crippen LogP contribution in [0.2, 0.25) is 0 Å². The minimum Gasteiger partial charge on any atom is -0.494 e. The number of ether oxygens (including phenoxy) is 2. The zero-order chi connectivity index (χ0) is 23.9. The lowest BCUT2D eigenvalue weighted by atomic mass is 10.1. The molecule has 1 heterocycles. The molecule has 0 saturated heterocycles. The first-order chi connectivity index (χ1) is 15.9. The number of phosphoric acid groups is 1. The quantitative estimate of drug-likeness (QED) is 0.174. The maximum absolute atomic E-state index is 10.9. The minimum atomic E-state index is -4.56. The molecule has 1 aromatic carbocycles. The van der Waals surface area contributed by atoms with Crippen LogP contribution in [-0.2, 0) is 9.09 Å². The molecule has 1 atom stereocenters. The SMILES string of the molecule is CCCCCCCCCCCOc1cccc(-c2ccnc(OC[C@@H](C)OP(=O)(O)O)n2)c1.N. The molecule has 5 N–H and O–H groups in total. The van der Waals surface area contributed by atoms with Gasteiger partial charge < -0.3 is 25.4 Å². The van der Waals surface area contributed by atoms with Gasteiger partial charge in [0, 0.05) is 11.8 Å². The van der Waals surface area contributed by atoms with Gasteiger partial charge in [-0.05, 0) is 31.5 Å². The van der Waals surface area contributed by atoms with Crippen molar-refractivity contribution in [3.8, 4) is 23.0 Å². The number of phosphoric ester groups is 1. The lowest BCUT2D eigenvalue weighted by Gasteiger charge is -2.14. The molecule has 2 rings (SSSR count). The van der Waals surface area contributed by atoms with Crippen LogP contribution in [0.15, 0.2) is 36.5 Å². The highest BCUT2D eigenvalue weighted by molar-refractivity contribution is 7.46. The van der Waals surface area contributed by atoms with Crippen molar-refractivity contribution in [3.05, 3.63) is 36.5 Å². The van der Waals surface area contributed by atoms with Crippen LogP contribution < -0.4 is 15.6 Å². The van der Waals surface area contributed by atoms with Crippen molar-refractivity contribution in [3.63, 3.8) is 0 Å². The molecule has 2 aromatic rings. The fourth-order valence-corrected chi connectivity index (χ4v) is 3.91. The Morgan fingerprint density at radius 2 is 1.65 bits per heavy atom. The number of aromatic nitrogens is 2. The number of hydrogen-bond acceptors (Lipinski definition) is 7. The molecule has 0 fully saturated rings. The van der Waals surface area contributed by atoms with Crippen molar-refractivity contribution in [1.82, 2.24) is 16.1 Å². The van der Waals surface area contributed by atoms with Gasteiger partial charge in [0.1, 0.15) is 18.5 Å². The summed E-state index contributed by atoms with van der Waals surface area (Å²) in [6.07, 6.45) is 12.3. The Morgan fingerprint density at radius 1 is 0.971 bits per heavy atom. The fourth-order valence-electron chi connectivity index (χ4n) is 3.38. The number of benzene rings is 1. The van der Waals surface area contributed by atoms with Gasteiger partial charge in [-0.15, -0.1) is 0 Å². The predicted molar refractivity (Wildman–Crippen MR) is 133 cm³/mol. The van der Waals surface area contributed by atoms with Gasteiger partial charge in [-0.25, -0.2) is 9.55 Å². The number of nitrogens with zero attached hydrogens (tertiary/aromatic N) is 2. The number of rotatable bonds is 17. The third kappa shape index (κ3) is 13.0. The van der Waals surface area contributed by atoms with Crippen molar-refractivity contribution in [1.29, 1.82) is 0 Å². The van der Waals surface area contributed by atoms with Gasteiger partial charge in [-0.1, -0.05) is 70.4 Å². The average Bonchev–Trinajstić information content (AvgIpc) is 2.78. The molecule has 1 aromatic heterocycles. The summed E-state index contributed by atoms with van der Waals surface area (Å²) in [6, 6.07) is 9.57. The first kappa shape index (κ1) is 30.0. The summed E-state index contributed by atoms with van der Waals surface area (Å²) < 4.78 is 26.8. The van der Waals surface area contributed by atoms with Crippen LogP contribution in [0.4, 0.5) is 0 Å². The minimum absolute atomic E-state index is 0. The van der Waals surface area contributed by atoms with E-state index < -0.39 is 13.9 Å². The molecule has 34 heavy (non-hydrogen) atoms. The Hall–Kier alpha value is -2.03. The summed E-state index contributed by atoms with van der Waals surface area (Å²) in [7, 11) is -4.56. The lowest BCUT2D eigenvalue weighted by molar-refractivity contribution is 0.0973. The lowest BCUT2D eigenvalue weighted by Crippen LogP contribution is -2.17. The van der Waals surface area contributed by atoms with E-state index in [1.54, 1.807) is 12.3 Å². The normalized spacial score (nSPS) is 12.1. The van der Waals surface area contributed by atoms with Crippen molar-refractivity contribution >= 4 is 7.82 Å². The molecular formula is C24H40N3O6P. The molecule has 0 radical (unpaired) electrons. The third-order valence-electron chi connectivity index (χ3n) is 5.04. The molecule has 192 valence electrons. The Kier molecular flexibility index (Phi) is 14.6. The van der Waals surface area contributed by atoms with E-state index >= 15 is 0 Å². The van der Waals surface area contributed by atoms with Gasteiger partial charge >= 0.3 is 13.8 Å². The Bertz CT molecular complexity index is 864. The maximum Gasteiger partial charge on any atom is 0.469 e. The van der Waals surface area contributed by atoms with Gasteiger partial charge in [0.2, 0.25) is 0 Å². The van der Waals surface area contributed by atoms with E-state index in [-0.39, 0.29) is 18.8 Å². The second-order valence-corrected chi connectivity index (χ2v) is 9.34. The number of hydrogen-bond donors (Lipinski definition) is 3. The van der Waals surface area contributed by atoms with Crippen molar-refractivity contribution in [2.75, 3.05) is 13.2 Å². The Balaban J connectivity index is 0.00000578. The maximum atomic E-state index is 10.9. The molecule has 0 bridgehead atoms. The van der Waals surface area contributed by atoms with Crippen molar-refractivity contribution in [2.24, 2.45) is 0 Å².